The first-order valence-corrected chi connectivity index (χ1v) is 10.7. The Balaban J connectivity index is 1.71. The van der Waals surface area contributed by atoms with Gasteiger partial charge < -0.3 is 15.1 Å². The lowest BCUT2D eigenvalue weighted by Gasteiger charge is -2.42. The largest absolute Gasteiger partial charge is 0.353 e. The first-order chi connectivity index (χ1) is 11.8. The molecule has 25 heavy (non-hydrogen) atoms. The number of anilines is 1. The maximum Gasteiger partial charge on any atom is 0.244 e. The Hall–Kier alpha value is -1.38. The molecule has 2 aliphatic heterocycles. The van der Waals surface area contributed by atoms with Crippen LogP contribution in [0.5, 0.6) is 0 Å². The molecule has 138 valence electrons. The van der Waals surface area contributed by atoms with E-state index in [9.17, 15) is 13.2 Å². The molecule has 1 aromatic heterocycles. The summed E-state index contributed by atoms with van der Waals surface area (Å²) in [6, 6.07) is 3.64. The Kier molecular flexibility index (Phi) is 5.22. The average Bonchev–Trinajstić information content (AvgIpc) is 2.61. The molecule has 3 heterocycles. The maximum atomic E-state index is 13.1. The fraction of sp³-hybridized carbons (Fsp3) is 0.625. The van der Waals surface area contributed by atoms with Crippen molar-refractivity contribution in [3.8, 4) is 0 Å². The summed E-state index contributed by atoms with van der Waals surface area (Å²) < 4.78 is 23.5. The number of piperidine rings is 1. The summed E-state index contributed by atoms with van der Waals surface area (Å²) in [5.74, 6) is 0.566. The molecule has 1 amide bonds. The lowest BCUT2D eigenvalue weighted by atomic mass is 9.95. The molecule has 3 rings (SSSR count). The number of aromatic nitrogens is 1. The molecule has 2 fully saturated rings. The number of hydrogen-bond acceptors (Lipinski definition) is 6. The van der Waals surface area contributed by atoms with Gasteiger partial charge in [0, 0.05) is 38.6 Å². The van der Waals surface area contributed by atoms with Crippen molar-refractivity contribution in [2.75, 3.05) is 50.4 Å². The topological polar surface area (TPSA) is 82.6 Å². The molecule has 7 nitrogen and oxygen atoms in total. The van der Waals surface area contributed by atoms with Crippen LogP contribution in [0.1, 0.15) is 12.8 Å². The smallest absolute Gasteiger partial charge is 0.244 e. The molecular formula is C16H23ClN4O3S. The number of pyridine rings is 1. The van der Waals surface area contributed by atoms with E-state index in [1.54, 1.807) is 17.2 Å². The molecule has 0 bridgehead atoms. The Morgan fingerprint density at radius 3 is 2.36 bits per heavy atom. The number of halogens is 1. The fourth-order valence-electron chi connectivity index (χ4n) is 3.56. The van der Waals surface area contributed by atoms with Crippen molar-refractivity contribution in [3.63, 3.8) is 0 Å². The zero-order chi connectivity index (χ0) is 18.1. The average molecular weight is 387 g/mol. The van der Waals surface area contributed by atoms with Crippen LogP contribution in [0.3, 0.4) is 0 Å². The summed E-state index contributed by atoms with van der Waals surface area (Å²) in [6.45, 7) is 3.33. The predicted octanol–water partition coefficient (Wildman–Crippen LogP) is 0.550. The minimum Gasteiger partial charge on any atom is -0.353 e. The van der Waals surface area contributed by atoms with Gasteiger partial charge in [-0.1, -0.05) is 11.6 Å². The Morgan fingerprint density at radius 2 is 1.84 bits per heavy atom. The second-order valence-corrected chi connectivity index (χ2v) is 9.39. The molecule has 0 aliphatic carbocycles. The van der Waals surface area contributed by atoms with Gasteiger partial charge in [-0.15, -0.1) is 0 Å². The van der Waals surface area contributed by atoms with Crippen molar-refractivity contribution in [2.45, 2.75) is 17.6 Å². The van der Waals surface area contributed by atoms with Crippen LogP contribution in [-0.4, -0.2) is 74.5 Å². The van der Waals surface area contributed by atoms with Gasteiger partial charge in [0.25, 0.3) is 0 Å². The van der Waals surface area contributed by atoms with Crippen LogP contribution < -0.4 is 10.2 Å². The fourth-order valence-corrected chi connectivity index (χ4v) is 5.06. The highest BCUT2D eigenvalue weighted by atomic mass is 35.5. The van der Waals surface area contributed by atoms with Gasteiger partial charge in [0.05, 0.1) is 5.02 Å². The van der Waals surface area contributed by atoms with E-state index in [2.05, 4.69) is 15.2 Å². The molecule has 0 radical (unpaired) electrons. The summed E-state index contributed by atoms with van der Waals surface area (Å²) in [5, 5.41) is 3.72. The second kappa shape index (κ2) is 7.09. The lowest BCUT2D eigenvalue weighted by molar-refractivity contribution is -0.135. The van der Waals surface area contributed by atoms with E-state index in [0.29, 0.717) is 57.1 Å². The first-order valence-electron chi connectivity index (χ1n) is 8.40. The van der Waals surface area contributed by atoms with Crippen molar-refractivity contribution in [3.05, 3.63) is 23.4 Å². The third kappa shape index (κ3) is 3.61. The Bertz CT molecular complexity index is 724. The zero-order valence-corrected chi connectivity index (χ0v) is 15.8. The van der Waals surface area contributed by atoms with E-state index < -0.39 is 14.6 Å². The van der Waals surface area contributed by atoms with Crippen molar-refractivity contribution in [2.24, 2.45) is 0 Å². The minimum atomic E-state index is -3.48. The predicted molar refractivity (Wildman–Crippen MR) is 97.7 cm³/mol. The molecule has 0 spiro atoms. The van der Waals surface area contributed by atoms with Crippen LogP contribution in [0.4, 0.5) is 5.82 Å². The van der Waals surface area contributed by atoms with Gasteiger partial charge in [-0.05, 0) is 38.1 Å². The highest BCUT2D eigenvalue weighted by Gasteiger charge is 2.50. The highest BCUT2D eigenvalue weighted by Crippen LogP contribution is 2.30. The molecule has 2 aliphatic rings. The van der Waals surface area contributed by atoms with Crippen LogP contribution in [0.2, 0.25) is 5.02 Å². The lowest BCUT2D eigenvalue weighted by Crippen LogP contribution is -2.61. The van der Waals surface area contributed by atoms with Gasteiger partial charge in [0.15, 0.2) is 14.6 Å². The van der Waals surface area contributed by atoms with Gasteiger partial charge in [0.1, 0.15) is 5.82 Å². The van der Waals surface area contributed by atoms with E-state index in [0.717, 1.165) is 5.82 Å². The Morgan fingerprint density at radius 1 is 1.20 bits per heavy atom. The normalized spacial score (nSPS) is 21.2. The number of nitrogens with zero attached hydrogens (tertiary/aromatic N) is 3. The van der Waals surface area contributed by atoms with Gasteiger partial charge >= 0.3 is 0 Å². The summed E-state index contributed by atoms with van der Waals surface area (Å²) in [6.07, 6.45) is 3.46. The minimum absolute atomic E-state index is 0.250. The summed E-state index contributed by atoms with van der Waals surface area (Å²) >= 11 is 5.86. The highest BCUT2D eigenvalue weighted by molar-refractivity contribution is 7.92. The van der Waals surface area contributed by atoms with Gasteiger partial charge in [-0.3, -0.25) is 4.79 Å². The molecule has 0 atom stereocenters. The second-order valence-electron chi connectivity index (χ2n) is 6.63. The van der Waals surface area contributed by atoms with E-state index >= 15 is 0 Å². The number of piperazine rings is 1. The van der Waals surface area contributed by atoms with Crippen LogP contribution in [0, 0.1) is 0 Å². The van der Waals surface area contributed by atoms with E-state index in [4.69, 9.17) is 11.6 Å². The third-order valence-corrected chi connectivity index (χ3v) is 7.34. The number of rotatable bonds is 3. The van der Waals surface area contributed by atoms with Crippen LogP contribution >= 0.6 is 11.6 Å². The standard InChI is InChI=1S/C16H23ClN4O3S/c1-25(23,24)16(4-6-18-7-5-16)15(22)21-10-8-20(9-11-21)14-3-2-13(17)12-19-14/h2-3,12,18H,4-11H2,1H3. The van der Waals surface area contributed by atoms with Crippen molar-refractivity contribution in [1.82, 2.24) is 15.2 Å². The molecule has 0 unspecified atom stereocenters. The van der Waals surface area contributed by atoms with Crippen molar-refractivity contribution < 1.29 is 13.2 Å². The first kappa shape index (κ1) is 18.4. The van der Waals surface area contributed by atoms with Gasteiger partial charge in [-0.25, -0.2) is 13.4 Å². The number of amides is 1. The zero-order valence-electron chi connectivity index (χ0n) is 14.2. The van der Waals surface area contributed by atoms with Crippen LogP contribution in [0.25, 0.3) is 0 Å². The van der Waals surface area contributed by atoms with Gasteiger partial charge in [0.2, 0.25) is 5.91 Å². The molecule has 0 aromatic carbocycles. The number of carbonyl (C=O) groups excluding carboxylic acids is 1. The van der Waals surface area contributed by atoms with Crippen molar-refractivity contribution >= 4 is 33.2 Å². The SMILES string of the molecule is CS(=O)(=O)C1(C(=O)N2CCN(c3ccc(Cl)cn3)CC2)CCNCC1. The van der Waals surface area contributed by atoms with E-state index in [-0.39, 0.29) is 5.91 Å². The van der Waals surface area contributed by atoms with Crippen LogP contribution in [0.15, 0.2) is 18.3 Å². The number of carbonyl (C=O) groups is 1. The van der Waals surface area contributed by atoms with E-state index in [1.165, 1.54) is 6.26 Å². The monoisotopic (exact) mass is 386 g/mol. The Labute approximate surface area is 153 Å². The van der Waals surface area contributed by atoms with E-state index in [1.807, 2.05) is 6.07 Å². The molecule has 1 aromatic rings. The summed E-state index contributed by atoms with van der Waals surface area (Å²) in [7, 11) is -3.48. The molecular weight excluding hydrogens is 364 g/mol. The third-order valence-electron chi connectivity index (χ3n) is 5.11. The number of sulfone groups is 1. The van der Waals surface area contributed by atoms with Gasteiger partial charge in [-0.2, -0.15) is 0 Å². The maximum absolute atomic E-state index is 13.1. The summed E-state index contributed by atoms with van der Waals surface area (Å²) in [5.41, 5.74) is 0. The summed E-state index contributed by atoms with van der Waals surface area (Å²) in [4.78, 5) is 21.2. The number of nitrogens with one attached hydrogen (secondary N) is 1. The molecule has 1 N–H and O–H groups in total. The number of hydrogen-bond donors (Lipinski definition) is 1. The van der Waals surface area contributed by atoms with Crippen LogP contribution in [-0.2, 0) is 14.6 Å². The molecule has 2 saturated heterocycles. The molecule has 9 heteroatoms. The molecule has 0 saturated carbocycles. The van der Waals surface area contributed by atoms with Crippen molar-refractivity contribution in [1.29, 1.82) is 0 Å². The quantitative estimate of drug-likeness (QED) is 0.816.